The zero-order valence-electron chi connectivity index (χ0n) is 11.8. The molecule has 5 heteroatoms. The average Bonchev–Trinajstić information content (AvgIpc) is 2.85. The number of anilines is 1. The molecule has 2 rings (SSSR count). The maximum atomic E-state index is 10.6. The lowest BCUT2D eigenvalue weighted by Crippen LogP contribution is -2.18. The van der Waals surface area contributed by atoms with Crippen molar-refractivity contribution in [2.24, 2.45) is 5.41 Å². The highest BCUT2D eigenvalue weighted by Gasteiger charge is 2.19. The van der Waals surface area contributed by atoms with Crippen molar-refractivity contribution in [3.05, 3.63) is 24.6 Å². The smallest absolute Gasteiger partial charge is 0.303 e. The molecule has 0 atom stereocenters. The van der Waals surface area contributed by atoms with Crippen molar-refractivity contribution in [2.75, 3.05) is 11.9 Å². The van der Waals surface area contributed by atoms with Gasteiger partial charge in [-0.05, 0) is 30.4 Å². The van der Waals surface area contributed by atoms with Crippen molar-refractivity contribution in [1.82, 2.24) is 4.98 Å². The Balaban J connectivity index is 1.89. The lowest BCUT2D eigenvalue weighted by Gasteiger charge is -2.24. The Morgan fingerprint density at radius 2 is 2.20 bits per heavy atom. The van der Waals surface area contributed by atoms with E-state index in [1.165, 1.54) is 0 Å². The van der Waals surface area contributed by atoms with Crippen molar-refractivity contribution in [3.8, 4) is 0 Å². The molecule has 2 heterocycles. The van der Waals surface area contributed by atoms with Crippen LogP contribution in [0.2, 0.25) is 0 Å². The topological polar surface area (TPSA) is 75.4 Å². The number of fused-ring (bicyclic) bond motifs is 1. The Labute approximate surface area is 118 Å². The number of carboxylic acid groups (broad SMARTS) is 1. The molecule has 2 aromatic rings. The predicted octanol–water partition coefficient (Wildman–Crippen LogP) is 3.52. The van der Waals surface area contributed by atoms with Crippen LogP contribution in [0, 0.1) is 5.41 Å². The number of carbonyl (C=O) groups is 1. The van der Waals surface area contributed by atoms with E-state index >= 15 is 0 Å². The number of pyridine rings is 1. The molecule has 0 radical (unpaired) electrons. The van der Waals surface area contributed by atoms with Gasteiger partial charge < -0.3 is 14.8 Å². The van der Waals surface area contributed by atoms with Crippen molar-refractivity contribution < 1.29 is 14.3 Å². The van der Waals surface area contributed by atoms with E-state index in [1.54, 1.807) is 12.5 Å². The van der Waals surface area contributed by atoms with Gasteiger partial charge in [0.05, 0.1) is 11.6 Å². The second-order valence-corrected chi connectivity index (χ2v) is 5.73. The fraction of sp³-hybridized carbons (Fsp3) is 0.467. The second kappa shape index (κ2) is 5.94. The SMILES string of the molecule is CC(C)(CCNc1nccc2occc12)CCC(=O)O. The number of hydrogen-bond donors (Lipinski definition) is 2. The van der Waals surface area contributed by atoms with Gasteiger partial charge in [0.15, 0.2) is 0 Å². The molecule has 0 spiro atoms. The normalized spacial score (nSPS) is 11.7. The summed E-state index contributed by atoms with van der Waals surface area (Å²) in [7, 11) is 0. The molecule has 0 bridgehead atoms. The van der Waals surface area contributed by atoms with E-state index in [2.05, 4.69) is 24.1 Å². The number of carboxylic acids is 1. The molecule has 20 heavy (non-hydrogen) atoms. The molecule has 5 nitrogen and oxygen atoms in total. The number of hydrogen-bond acceptors (Lipinski definition) is 4. The lowest BCUT2D eigenvalue weighted by molar-refractivity contribution is -0.137. The molecular weight excluding hydrogens is 256 g/mol. The van der Waals surface area contributed by atoms with Crippen molar-refractivity contribution >= 4 is 22.8 Å². The molecule has 0 unspecified atom stereocenters. The lowest BCUT2D eigenvalue weighted by atomic mass is 9.84. The van der Waals surface area contributed by atoms with Crippen LogP contribution >= 0.6 is 0 Å². The van der Waals surface area contributed by atoms with Crippen molar-refractivity contribution in [1.29, 1.82) is 0 Å². The summed E-state index contributed by atoms with van der Waals surface area (Å²) in [5.41, 5.74) is 0.808. The van der Waals surface area contributed by atoms with Gasteiger partial charge in [0.1, 0.15) is 11.4 Å². The molecule has 0 saturated carbocycles. The summed E-state index contributed by atoms with van der Waals surface area (Å²) in [5, 5.41) is 13.0. The Morgan fingerprint density at radius 1 is 1.40 bits per heavy atom. The minimum Gasteiger partial charge on any atom is -0.481 e. The van der Waals surface area contributed by atoms with Crippen LogP contribution in [0.1, 0.15) is 33.1 Å². The summed E-state index contributed by atoms with van der Waals surface area (Å²) in [5.74, 6) is 0.0705. The largest absolute Gasteiger partial charge is 0.481 e. The van der Waals surface area contributed by atoms with Crippen LogP contribution in [0.4, 0.5) is 5.82 Å². The van der Waals surface area contributed by atoms with Crippen LogP contribution in [0.15, 0.2) is 29.0 Å². The molecule has 0 amide bonds. The fourth-order valence-corrected chi connectivity index (χ4v) is 2.13. The zero-order valence-corrected chi connectivity index (χ0v) is 11.8. The van der Waals surface area contributed by atoms with Crippen LogP contribution in [0.25, 0.3) is 11.0 Å². The predicted molar refractivity (Wildman–Crippen MR) is 77.8 cm³/mol. The molecule has 2 N–H and O–H groups in total. The highest BCUT2D eigenvalue weighted by atomic mass is 16.4. The molecule has 0 saturated heterocycles. The third-order valence-electron chi connectivity index (χ3n) is 3.49. The summed E-state index contributed by atoms with van der Waals surface area (Å²) in [6.45, 7) is 4.93. The maximum absolute atomic E-state index is 10.6. The molecule has 0 fully saturated rings. The van der Waals surface area contributed by atoms with Crippen molar-refractivity contribution in [3.63, 3.8) is 0 Å². The summed E-state index contributed by atoms with van der Waals surface area (Å²) in [6.07, 6.45) is 5.13. The Bertz CT molecular complexity index is 590. The van der Waals surface area contributed by atoms with Gasteiger partial charge in [-0.1, -0.05) is 13.8 Å². The van der Waals surface area contributed by atoms with E-state index in [4.69, 9.17) is 9.52 Å². The fourth-order valence-electron chi connectivity index (χ4n) is 2.13. The Morgan fingerprint density at radius 3 is 2.95 bits per heavy atom. The van der Waals surface area contributed by atoms with E-state index in [0.717, 1.165) is 29.8 Å². The van der Waals surface area contributed by atoms with E-state index in [9.17, 15) is 4.79 Å². The van der Waals surface area contributed by atoms with Crippen LogP contribution in [0.3, 0.4) is 0 Å². The summed E-state index contributed by atoms with van der Waals surface area (Å²) >= 11 is 0. The van der Waals surface area contributed by atoms with Gasteiger partial charge >= 0.3 is 5.97 Å². The molecule has 108 valence electrons. The third-order valence-corrected chi connectivity index (χ3v) is 3.49. The molecule has 0 aliphatic rings. The third kappa shape index (κ3) is 3.73. The first-order valence-corrected chi connectivity index (χ1v) is 6.76. The first-order chi connectivity index (χ1) is 9.48. The molecular formula is C15H20N2O3. The van der Waals surface area contributed by atoms with Gasteiger partial charge in [-0.2, -0.15) is 0 Å². The number of aliphatic carboxylic acids is 1. The molecule has 0 aromatic carbocycles. The van der Waals surface area contributed by atoms with Crippen LogP contribution in [-0.4, -0.2) is 22.6 Å². The number of rotatable bonds is 7. The summed E-state index contributed by atoms with van der Waals surface area (Å²) in [6, 6.07) is 3.72. The zero-order chi connectivity index (χ0) is 14.6. The quantitative estimate of drug-likeness (QED) is 0.809. The highest BCUT2D eigenvalue weighted by Crippen LogP contribution is 2.27. The van der Waals surface area contributed by atoms with Crippen LogP contribution in [-0.2, 0) is 4.79 Å². The number of aromatic nitrogens is 1. The number of nitrogens with one attached hydrogen (secondary N) is 1. The van der Waals surface area contributed by atoms with Gasteiger partial charge in [0, 0.05) is 19.2 Å². The standard InChI is InChI=1S/C15H20N2O3/c1-15(2,6-3-13(18)19)7-9-17-14-11-5-10-20-12(11)4-8-16-14/h4-5,8,10H,3,6-7,9H2,1-2H3,(H,16,17)(H,18,19). The molecule has 0 aliphatic carbocycles. The number of furan rings is 1. The molecule has 0 aliphatic heterocycles. The Hall–Kier alpha value is -2.04. The van der Waals surface area contributed by atoms with E-state index in [1.807, 2.05) is 12.1 Å². The van der Waals surface area contributed by atoms with Crippen molar-refractivity contribution in [2.45, 2.75) is 33.1 Å². The summed E-state index contributed by atoms with van der Waals surface area (Å²) < 4.78 is 5.33. The van der Waals surface area contributed by atoms with Gasteiger partial charge in [0.2, 0.25) is 0 Å². The average molecular weight is 276 g/mol. The van der Waals surface area contributed by atoms with E-state index in [0.29, 0.717) is 6.42 Å². The van der Waals surface area contributed by atoms with Gasteiger partial charge in [-0.25, -0.2) is 4.98 Å². The summed E-state index contributed by atoms with van der Waals surface area (Å²) in [4.78, 5) is 14.9. The van der Waals surface area contributed by atoms with Crippen LogP contribution in [0.5, 0.6) is 0 Å². The minimum atomic E-state index is -0.740. The minimum absolute atomic E-state index is 0.00428. The van der Waals surface area contributed by atoms with Gasteiger partial charge in [-0.15, -0.1) is 0 Å². The molecule has 2 aromatic heterocycles. The second-order valence-electron chi connectivity index (χ2n) is 5.73. The van der Waals surface area contributed by atoms with Gasteiger partial charge in [-0.3, -0.25) is 4.79 Å². The maximum Gasteiger partial charge on any atom is 0.303 e. The van der Waals surface area contributed by atoms with Crippen LogP contribution < -0.4 is 5.32 Å². The first-order valence-electron chi connectivity index (χ1n) is 6.76. The highest BCUT2D eigenvalue weighted by molar-refractivity contribution is 5.87. The monoisotopic (exact) mass is 276 g/mol. The van der Waals surface area contributed by atoms with E-state index in [-0.39, 0.29) is 11.8 Å². The van der Waals surface area contributed by atoms with E-state index < -0.39 is 5.97 Å². The Kier molecular flexibility index (Phi) is 4.27. The first kappa shape index (κ1) is 14.4. The van der Waals surface area contributed by atoms with Gasteiger partial charge in [0.25, 0.3) is 0 Å². The number of nitrogens with zero attached hydrogens (tertiary/aromatic N) is 1.